The summed E-state index contributed by atoms with van der Waals surface area (Å²) >= 11 is 0. The molecule has 0 radical (unpaired) electrons. The summed E-state index contributed by atoms with van der Waals surface area (Å²) in [6, 6.07) is 15.7. The Kier molecular flexibility index (Phi) is 4.65. The molecule has 0 atom stereocenters. The first kappa shape index (κ1) is 15.6. The van der Waals surface area contributed by atoms with Crippen LogP contribution in [0.3, 0.4) is 0 Å². The molecule has 2 aromatic rings. The Morgan fingerprint density at radius 3 is 2.52 bits per heavy atom. The summed E-state index contributed by atoms with van der Waals surface area (Å²) in [5.41, 5.74) is 2.78. The molecule has 0 unspecified atom stereocenters. The fraction of sp³-hybridized carbons (Fsp3) is 0.350. The van der Waals surface area contributed by atoms with Crippen molar-refractivity contribution in [2.75, 3.05) is 13.1 Å². The molecule has 23 heavy (non-hydrogen) atoms. The van der Waals surface area contributed by atoms with E-state index in [0.29, 0.717) is 11.5 Å². The number of piperidine rings is 1. The van der Waals surface area contributed by atoms with Crippen LogP contribution in [0, 0.1) is 12.8 Å². The number of rotatable bonds is 3. The van der Waals surface area contributed by atoms with Crippen molar-refractivity contribution in [2.45, 2.75) is 26.2 Å². The lowest BCUT2D eigenvalue weighted by atomic mass is 9.90. The van der Waals surface area contributed by atoms with Gasteiger partial charge in [0.1, 0.15) is 5.75 Å². The van der Waals surface area contributed by atoms with Crippen LogP contribution >= 0.6 is 0 Å². The highest BCUT2D eigenvalue weighted by Gasteiger charge is 2.25. The molecule has 1 N–H and O–H groups in total. The number of nitrogens with zero attached hydrogens (tertiary/aromatic N) is 1. The Labute approximate surface area is 137 Å². The van der Waals surface area contributed by atoms with Crippen LogP contribution in [0.2, 0.25) is 0 Å². The van der Waals surface area contributed by atoms with Crippen molar-refractivity contribution in [1.82, 2.24) is 4.90 Å². The molecule has 0 saturated carbocycles. The molecule has 1 amide bonds. The van der Waals surface area contributed by atoms with Crippen molar-refractivity contribution < 1.29 is 9.90 Å². The Morgan fingerprint density at radius 2 is 1.83 bits per heavy atom. The summed E-state index contributed by atoms with van der Waals surface area (Å²) in [5.74, 6) is 0.656. The molecule has 0 bridgehead atoms. The van der Waals surface area contributed by atoms with E-state index in [4.69, 9.17) is 0 Å². The summed E-state index contributed by atoms with van der Waals surface area (Å²) in [6.45, 7) is 3.47. The molecule has 1 heterocycles. The van der Waals surface area contributed by atoms with Crippen LogP contribution in [-0.4, -0.2) is 29.0 Å². The maximum Gasteiger partial charge on any atom is 0.257 e. The second kappa shape index (κ2) is 6.86. The minimum Gasteiger partial charge on any atom is -0.507 e. The van der Waals surface area contributed by atoms with Crippen LogP contribution in [0.4, 0.5) is 0 Å². The van der Waals surface area contributed by atoms with E-state index in [-0.39, 0.29) is 11.7 Å². The van der Waals surface area contributed by atoms with Gasteiger partial charge in [0.25, 0.3) is 5.91 Å². The van der Waals surface area contributed by atoms with E-state index >= 15 is 0 Å². The number of benzene rings is 2. The van der Waals surface area contributed by atoms with Gasteiger partial charge in [-0.3, -0.25) is 4.79 Å². The monoisotopic (exact) mass is 309 g/mol. The van der Waals surface area contributed by atoms with Crippen molar-refractivity contribution in [3.63, 3.8) is 0 Å². The van der Waals surface area contributed by atoms with Gasteiger partial charge >= 0.3 is 0 Å². The molecule has 3 nitrogen and oxygen atoms in total. The molecule has 1 saturated heterocycles. The number of aromatic hydroxyl groups is 1. The summed E-state index contributed by atoms with van der Waals surface area (Å²) in [7, 11) is 0. The predicted molar refractivity (Wildman–Crippen MR) is 91.6 cm³/mol. The number of hydrogen-bond donors (Lipinski definition) is 1. The predicted octanol–water partition coefficient (Wildman–Crippen LogP) is 3.80. The average Bonchev–Trinajstić information content (AvgIpc) is 2.58. The zero-order valence-corrected chi connectivity index (χ0v) is 13.5. The second-order valence-electron chi connectivity index (χ2n) is 6.45. The summed E-state index contributed by atoms with van der Waals surface area (Å²) in [4.78, 5) is 14.5. The quantitative estimate of drug-likeness (QED) is 0.937. The van der Waals surface area contributed by atoms with E-state index in [1.54, 1.807) is 12.1 Å². The highest BCUT2D eigenvalue weighted by molar-refractivity contribution is 5.97. The fourth-order valence-electron chi connectivity index (χ4n) is 3.28. The van der Waals surface area contributed by atoms with Gasteiger partial charge in [-0.2, -0.15) is 0 Å². The standard InChI is InChI=1S/C20H23NO2/c1-15-7-8-19(22)18(13-15)20(23)21-11-9-17(10-12-21)14-16-5-3-2-4-6-16/h2-8,13,17,22H,9-12,14H2,1H3. The van der Waals surface area contributed by atoms with Gasteiger partial charge in [-0.15, -0.1) is 0 Å². The van der Waals surface area contributed by atoms with E-state index < -0.39 is 0 Å². The van der Waals surface area contributed by atoms with Gasteiger partial charge in [-0.1, -0.05) is 42.0 Å². The van der Waals surface area contributed by atoms with Crippen molar-refractivity contribution in [1.29, 1.82) is 0 Å². The smallest absolute Gasteiger partial charge is 0.257 e. The van der Waals surface area contributed by atoms with E-state index in [1.165, 1.54) is 5.56 Å². The number of likely N-dealkylation sites (tertiary alicyclic amines) is 1. The zero-order chi connectivity index (χ0) is 16.2. The van der Waals surface area contributed by atoms with E-state index in [0.717, 1.165) is 37.9 Å². The molecular formula is C20H23NO2. The van der Waals surface area contributed by atoms with E-state index in [2.05, 4.69) is 24.3 Å². The lowest BCUT2D eigenvalue weighted by Crippen LogP contribution is -2.39. The van der Waals surface area contributed by atoms with Crippen LogP contribution in [-0.2, 0) is 6.42 Å². The Morgan fingerprint density at radius 1 is 1.13 bits per heavy atom. The molecular weight excluding hydrogens is 286 g/mol. The topological polar surface area (TPSA) is 40.5 Å². The van der Waals surface area contributed by atoms with Crippen LogP contribution in [0.15, 0.2) is 48.5 Å². The minimum absolute atomic E-state index is 0.0515. The van der Waals surface area contributed by atoms with Gasteiger partial charge < -0.3 is 10.0 Å². The number of carbonyl (C=O) groups excluding carboxylic acids is 1. The third kappa shape index (κ3) is 3.73. The highest BCUT2D eigenvalue weighted by atomic mass is 16.3. The van der Waals surface area contributed by atoms with Crippen molar-refractivity contribution >= 4 is 5.91 Å². The number of carbonyl (C=O) groups is 1. The largest absolute Gasteiger partial charge is 0.507 e. The Hall–Kier alpha value is -2.29. The summed E-state index contributed by atoms with van der Waals surface area (Å²) in [5, 5.41) is 9.94. The van der Waals surface area contributed by atoms with E-state index in [9.17, 15) is 9.90 Å². The number of amides is 1. The van der Waals surface area contributed by atoms with Gasteiger partial charge in [0.2, 0.25) is 0 Å². The summed E-state index contributed by atoms with van der Waals surface area (Å²) < 4.78 is 0. The molecule has 3 rings (SSSR count). The normalized spacial score (nSPS) is 15.6. The first-order chi connectivity index (χ1) is 11.1. The van der Waals surface area contributed by atoms with Gasteiger partial charge in [0.15, 0.2) is 0 Å². The molecule has 1 fully saturated rings. The molecule has 2 aromatic carbocycles. The molecule has 0 aliphatic carbocycles. The first-order valence-corrected chi connectivity index (χ1v) is 8.26. The lowest BCUT2D eigenvalue weighted by molar-refractivity contribution is 0.0687. The van der Waals surface area contributed by atoms with Crippen LogP contribution in [0.1, 0.15) is 34.3 Å². The van der Waals surface area contributed by atoms with Gasteiger partial charge in [-0.05, 0) is 49.8 Å². The van der Waals surface area contributed by atoms with Crippen molar-refractivity contribution in [3.8, 4) is 5.75 Å². The van der Waals surface area contributed by atoms with Crippen molar-refractivity contribution in [3.05, 3.63) is 65.2 Å². The van der Waals surface area contributed by atoms with Crippen molar-refractivity contribution in [2.24, 2.45) is 5.92 Å². The molecule has 0 spiro atoms. The molecule has 0 aromatic heterocycles. The highest BCUT2D eigenvalue weighted by Crippen LogP contribution is 2.25. The van der Waals surface area contributed by atoms with E-state index in [1.807, 2.05) is 24.0 Å². The number of phenols is 1. The average molecular weight is 309 g/mol. The third-order valence-electron chi connectivity index (χ3n) is 4.65. The second-order valence-corrected chi connectivity index (χ2v) is 6.45. The van der Waals surface area contributed by atoms with Crippen LogP contribution in [0.25, 0.3) is 0 Å². The fourth-order valence-corrected chi connectivity index (χ4v) is 3.28. The third-order valence-corrected chi connectivity index (χ3v) is 4.65. The molecule has 3 heteroatoms. The number of aryl methyl sites for hydroxylation is 1. The Balaban J connectivity index is 1.60. The van der Waals surface area contributed by atoms with Gasteiger partial charge in [-0.25, -0.2) is 0 Å². The Bertz CT molecular complexity index is 673. The zero-order valence-electron chi connectivity index (χ0n) is 13.5. The number of phenolic OH excluding ortho intramolecular Hbond substituents is 1. The molecule has 120 valence electrons. The SMILES string of the molecule is Cc1ccc(O)c(C(=O)N2CCC(Cc3ccccc3)CC2)c1. The van der Waals surface area contributed by atoms with Crippen LogP contribution in [0.5, 0.6) is 5.75 Å². The number of hydrogen-bond acceptors (Lipinski definition) is 2. The minimum atomic E-state index is -0.0515. The summed E-state index contributed by atoms with van der Waals surface area (Å²) in [6.07, 6.45) is 3.12. The lowest BCUT2D eigenvalue weighted by Gasteiger charge is -2.32. The van der Waals surface area contributed by atoms with Gasteiger partial charge in [0, 0.05) is 13.1 Å². The first-order valence-electron chi connectivity index (χ1n) is 8.26. The van der Waals surface area contributed by atoms with Gasteiger partial charge in [0.05, 0.1) is 5.56 Å². The van der Waals surface area contributed by atoms with Crippen LogP contribution < -0.4 is 0 Å². The molecule has 1 aliphatic rings. The maximum atomic E-state index is 12.6. The maximum absolute atomic E-state index is 12.6. The molecule has 1 aliphatic heterocycles.